The normalized spacial score (nSPS) is 22.3. The zero-order valence-corrected chi connectivity index (χ0v) is 11.6. The summed E-state index contributed by atoms with van der Waals surface area (Å²) in [5, 5.41) is 0. The van der Waals surface area contributed by atoms with Crippen molar-refractivity contribution in [2.75, 3.05) is 13.6 Å². The van der Waals surface area contributed by atoms with Crippen LogP contribution in [0.1, 0.15) is 24.8 Å². The summed E-state index contributed by atoms with van der Waals surface area (Å²) in [4.78, 5) is 1.61. The van der Waals surface area contributed by atoms with Crippen LogP contribution in [0.2, 0.25) is 0 Å². The van der Waals surface area contributed by atoms with Crippen molar-refractivity contribution in [3.05, 3.63) is 34.6 Å². The highest BCUT2D eigenvalue weighted by atomic mass is 19.2. The molecule has 0 heterocycles. The maximum Gasteiger partial charge on any atom is 0.200 e. The van der Waals surface area contributed by atoms with Crippen LogP contribution in [-0.4, -0.2) is 24.5 Å². The van der Waals surface area contributed by atoms with Gasteiger partial charge in [-0.3, -0.25) is 4.90 Å². The molecule has 1 fully saturated rings. The predicted molar refractivity (Wildman–Crippen MR) is 67.9 cm³/mol. The van der Waals surface area contributed by atoms with Crippen LogP contribution in [0.25, 0.3) is 0 Å². The lowest BCUT2D eigenvalue weighted by Crippen LogP contribution is -2.37. The first-order valence-corrected chi connectivity index (χ1v) is 6.79. The van der Waals surface area contributed by atoms with Gasteiger partial charge in [0.2, 0.25) is 5.82 Å². The van der Waals surface area contributed by atoms with Crippen molar-refractivity contribution >= 4 is 0 Å². The SMILES string of the molecule is CN(Cc1c(F)c(F)c(F)c(F)c1F)C1CCCC1CN. The van der Waals surface area contributed by atoms with E-state index in [0.29, 0.717) is 6.54 Å². The predicted octanol–water partition coefficient (Wildman–Crippen LogP) is 2.94. The van der Waals surface area contributed by atoms with Gasteiger partial charge in [-0.15, -0.1) is 0 Å². The van der Waals surface area contributed by atoms with Gasteiger partial charge in [0.1, 0.15) is 0 Å². The lowest BCUT2D eigenvalue weighted by atomic mass is 10.0. The molecule has 1 aromatic carbocycles. The molecule has 0 radical (unpaired) electrons. The Labute approximate surface area is 119 Å². The maximum atomic E-state index is 13.7. The number of rotatable bonds is 4. The highest BCUT2D eigenvalue weighted by Gasteiger charge is 2.32. The lowest BCUT2D eigenvalue weighted by molar-refractivity contribution is 0.186. The third kappa shape index (κ3) is 2.89. The number of hydrogen-bond donors (Lipinski definition) is 1. The van der Waals surface area contributed by atoms with E-state index in [4.69, 9.17) is 5.73 Å². The fourth-order valence-electron chi connectivity index (χ4n) is 3.03. The van der Waals surface area contributed by atoms with E-state index in [0.717, 1.165) is 19.3 Å². The Bertz CT molecular complexity index is 506. The zero-order chi connectivity index (χ0) is 15.7. The molecule has 1 saturated carbocycles. The van der Waals surface area contributed by atoms with Crippen LogP contribution < -0.4 is 5.73 Å². The van der Waals surface area contributed by atoms with Crippen molar-refractivity contribution in [2.45, 2.75) is 31.8 Å². The molecule has 2 nitrogen and oxygen atoms in total. The van der Waals surface area contributed by atoms with Gasteiger partial charge in [0.05, 0.1) is 0 Å². The summed E-state index contributed by atoms with van der Waals surface area (Å²) in [5.41, 5.74) is 4.84. The molecule has 1 aliphatic rings. The van der Waals surface area contributed by atoms with Gasteiger partial charge in [-0.1, -0.05) is 6.42 Å². The van der Waals surface area contributed by atoms with Gasteiger partial charge in [-0.05, 0) is 32.4 Å². The van der Waals surface area contributed by atoms with Gasteiger partial charge >= 0.3 is 0 Å². The summed E-state index contributed by atoms with van der Waals surface area (Å²) < 4.78 is 66.7. The van der Waals surface area contributed by atoms with E-state index in [1.165, 1.54) is 0 Å². The number of nitrogens with zero attached hydrogens (tertiary/aromatic N) is 1. The number of nitrogens with two attached hydrogens (primary N) is 1. The maximum absolute atomic E-state index is 13.7. The summed E-state index contributed by atoms with van der Waals surface area (Å²) in [6.07, 6.45) is 2.64. The highest BCUT2D eigenvalue weighted by Crippen LogP contribution is 2.31. The molecule has 21 heavy (non-hydrogen) atoms. The largest absolute Gasteiger partial charge is 0.330 e. The molecule has 1 aromatic rings. The molecule has 0 amide bonds. The molecule has 2 atom stereocenters. The molecule has 2 unspecified atom stereocenters. The van der Waals surface area contributed by atoms with Crippen LogP contribution in [0.4, 0.5) is 22.0 Å². The summed E-state index contributed by atoms with van der Waals surface area (Å²) >= 11 is 0. The Balaban J connectivity index is 2.27. The summed E-state index contributed by atoms with van der Waals surface area (Å²) in [7, 11) is 1.61. The Morgan fingerprint density at radius 2 is 1.48 bits per heavy atom. The van der Waals surface area contributed by atoms with Gasteiger partial charge < -0.3 is 5.73 Å². The smallest absolute Gasteiger partial charge is 0.200 e. The highest BCUT2D eigenvalue weighted by molar-refractivity contribution is 5.24. The van der Waals surface area contributed by atoms with Crippen molar-refractivity contribution in [1.29, 1.82) is 0 Å². The first-order chi connectivity index (χ1) is 9.88. The van der Waals surface area contributed by atoms with Crippen molar-refractivity contribution in [3.8, 4) is 0 Å². The molecular weight excluding hydrogens is 291 g/mol. The summed E-state index contributed by atoms with van der Waals surface area (Å²) in [6.45, 7) is 0.0963. The van der Waals surface area contributed by atoms with E-state index < -0.39 is 34.6 Å². The second-order valence-corrected chi connectivity index (χ2v) is 5.46. The molecule has 0 aliphatic heterocycles. The van der Waals surface area contributed by atoms with Crippen LogP contribution >= 0.6 is 0 Å². The van der Waals surface area contributed by atoms with Crippen molar-refractivity contribution in [3.63, 3.8) is 0 Å². The Hall–Kier alpha value is -1.21. The van der Waals surface area contributed by atoms with E-state index in [2.05, 4.69) is 0 Å². The van der Waals surface area contributed by atoms with Crippen LogP contribution in [0.5, 0.6) is 0 Å². The standard InChI is InChI=1S/C14H17F5N2/c1-21(9-4-2-3-7(9)5-20)6-8-10(15)12(17)14(19)13(18)11(8)16/h7,9H,2-6,20H2,1H3. The first kappa shape index (κ1) is 16.2. The van der Waals surface area contributed by atoms with Gasteiger partial charge in [0.25, 0.3) is 0 Å². The third-order valence-electron chi connectivity index (χ3n) is 4.20. The summed E-state index contributed by atoms with van der Waals surface area (Å²) in [5.74, 6) is -9.28. The lowest BCUT2D eigenvalue weighted by Gasteiger charge is -2.29. The molecule has 118 valence electrons. The minimum absolute atomic E-state index is 0.00928. The van der Waals surface area contributed by atoms with Gasteiger partial charge in [0, 0.05) is 18.2 Å². The molecule has 2 N–H and O–H groups in total. The van der Waals surface area contributed by atoms with E-state index in [9.17, 15) is 22.0 Å². The fourth-order valence-corrected chi connectivity index (χ4v) is 3.03. The number of benzene rings is 1. The third-order valence-corrected chi connectivity index (χ3v) is 4.20. The average molecular weight is 308 g/mol. The minimum Gasteiger partial charge on any atom is -0.330 e. The van der Waals surface area contributed by atoms with Crippen LogP contribution in [0.3, 0.4) is 0 Å². The molecular formula is C14H17F5N2. The Morgan fingerprint density at radius 1 is 0.952 bits per heavy atom. The second kappa shape index (κ2) is 6.27. The second-order valence-electron chi connectivity index (χ2n) is 5.46. The van der Waals surface area contributed by atoms with Crippen molar-refractivity contribution < 1.29 is 22.0 Å². The quantitative estimate of drug-likeness (QED) is 0.526. The molecule has 0 aromatic heterocycles. The number of halogens is 5. The average Bonchev–Trinajstić information content (AvgIpc) is 2.96. The van der Waals surface area contributed by atoms with Crippen molar-refractivity contribution in [1.82, 2.24) is 4.90 Å². The van der Waals surface area contributed by atoms with E-state index in [1.807, 2.05) is 0 Å². The van der Waals surface area contributed by atoms with Crippen molar-refractivity contribution in [2.24, 2.45) is 11.7 Å². The first-order valence-electron chi connectivity index (χ1n) is 6.79. The van der Waals surface area contributed by atoms with Crippen LogP contribution in [0.15, 0.2) is 0 Å². The summed E-state index contributed by atoms with van der Waals surface area (Å²) in [6, 6.07) is -0.00928. The fraction of sp³-hybridized carbons (Fsp3) is 0.571. The Kier molecular flexibility index (Phi) is 4.83. The molecule has 0 bridgehead atoms. The molecule has 2 rings (SSSR count). The Morgan fingerprint density at radius 3 is 2.00 bits per heavy atom. The van der Waals surface area contributed by atoms with E-state index in [-0.39, 0.29) is 18.5 Å². The van der Waals surface area contributed by atoms with Gasteiger partial charge in [-0.2, -0.15) is 0 Å². The van der Waals surface area contributed by atoms with E-state index >= 15 is 0 Å². The molecule has 1 aliphatic carbocycles. The van der Waals surface area contributed by atoms with Crippen LogP contribution in [-0.2, 0) is 6.54 Å². The molecule has 7 heteroatoms. The molecule has 0 saturated heterocycles. The van der Waals surface area contributed by atoms with Crippen LogP contribution in [0, 0.1) is 35.0 Å². The van der Waals surface area contributed by atoms with E-state index in [1.54, 1.807) is 11.9 Å². The monoisotopic (exact) mass is 308 g/mol. The van der Waals surface area contributed by atoms with Gasteiger partial charge in [0.15, 0.2) is 23.3 Å². The zero-order valence-electron chi connectivity index (χ0n) is 11.6. The van der Waals surface area contributed by atoms with Gasteiger partial charge in [-0.25, -0.2) is 22.0 Å². The number of hydrogen-bond acceptors (Lipinski definition) is 2. The topological polar surface area (TPSA) is 29.3 Å². The minimum atomic E-state index is -2.13. The molecule has 0 spiro atoms.